The summed E-state index contributed by atoms with van der Waals surface area (Å²) in [6.07, 6.45) is 0. The Kier molecular flexibility index (Phi) is 2.42. The van der Waals surface area contributed by atoms with Crippen LogP contribution in [0.4, 0.5) is 0 Å². The second kappa shape index (κ2) is 3.96. The average Bonchev–Trinajstić information content (AvgIpc) is 2.38. The minimum absolute atomic E-state index is 0.0381. The van der Waals surface area contributed by atoms with Crippen molar-refractivity contribution in [2.45, 2.75) is 0 Å². The molecule has 3 aromatic rings. The molecule has 0 aliphatic carbocycles. The molecule has 3 rings (SSSR count). The zero-order chi connectivity index (χ0) is 12.7. The van der Waals surface area contributed by atoms with Crippen LogP contribution in [0.3, 0.4) is 0 Å². The van der Waals surface area contributed by atoms with E-state index in [1.165, 1.54) is 6.07 Å². The number of halogens is 1. The molecule has 2 aromatic carbocycles. The second-order valence-corrected chi connectivity index (χ2v) is 4.38. The molecule has 0 bridgehead atoms. The van der Waals surface area contributed by atoms with Crippen LogP contribution in [0.2, 0.25) is 5.02 Å². The highest BCUT2D eigenvalue weighted by Gasteiger charge is 2.11. The van der Waals surface area contributed by atoms with Crippen molar-refractivity contribution in [3.05, 3.63) is 53.2 Å². The number of carboxylic acids is 1. The largest absolute Gasteiger partial charge is 0.477 e. The van der Waals surface area contributed by atoms with Gasteiger partial charge in [0.2, 0.25) is 0 Å². The van der Waals surface area contributed by atoms with Gasteiger partial charge in [-0.3, -0.25) is 0 Å². The monoisotopic (exact) mass is 257 g/mol. The van der Waals surface area contributed by atoms with Gasteiger partial charge in [-0.15, -0.1) is 0 Å². The number of aromatic carboxylic acids is 1. The summed E-state index contributed by atoms with van der Waals surface area (Å²) in [5.41, 5.74) is 0.585. The quantitative estimate of drug-likeness (QED) is 0.676. The normalized spacial score (nSPS) is 10.9. The van der Waals surface area contributed by atoms with Crippen LogP contribution < -0.4 is 0 Å². The summed E-state index contributed by atoms with van der Waals surface area (Å²) in [5, 5.41) is 12.1. The van der Waals surface area contributed by atoms with Crippen molar-refractivity contribution in [3.63, 3.8) is 0 Å². The third-order valence-corrected chi connectivity index (χ3v) is 3.19. The fourth-order valence-electron chi connectivity index (χ4n) is 2.03. The third kappa shape index (κ3) is 1.60. The van der Waals surface area contributed by atoms with Crippen molar-refractivity contribution in [1.82, 2.24) is 4.98 Å². The fraction of sp³-hybridized carbons (Fsp3) is 0. The summed E-state index contributed by atoms with van der Waals surface area (Å²) in [5.74, 6) is -1.08. The summed E-state index contributed by atoms with van der Waals surface area (Å²) in [6, 6.07) is 12.9. The highest BCUT2D eigenvalue weighted by Crippen LogP contribution is 2.29. The number of carboxylic acid groups (broad SMARTS) is 1. The molecule has 0 saturated heterocycles. The van der Waals surface area contributed by atoms with Gasteiger partial charge < -0.3 is 5.11 Å². The van der Waals surface area contributed by atoms with Crippen LogP contribution in [-0.2, 0) is 0 Å². The Bertz CT molecular complexity index is 783. The minimum Gasteiger partial charge on any atom is -0.477 e. The van der Waals surface area contributed by atoms with Crippen LogP contribution in [0.5, 0.6) is 0 Å². The Balaban J connectivity index is 2.51. The first kappa shape index (κ1) is 11.0. The van der Waals surface area contributed by atoms with Gasteiger partial charge in [0.05, 0.1) is 10.5 Å². The molecule has 0 aliphatic heterocycles. The molecule has 1 N–H and O–H groups in total. The lowest BCUT2D eigenvalue weighted by Gasteiger charge is -2.05. The first-order valence-electron chi connectivity index (χ1n) is 5.38. The summed E-state index contributed by atoms with van der Waals surface area (Å²) < 4.78 is 0. The number of pyridine rings is 1. The molecule has 0 unspecified atom stereocenters. The number of nitrogens with zero attached hydrogens (tertiary/aromatic N) is 1. The molecule has 1 aromatic heterocycles. The molecule has 0 saturated carbocycles. The molecule has 3 nitrogen and oxygen atoms in total. The molecule has 18 heavy (non-hydrogen) atoms. The Morgan fingerprint density at radius 3 is 2.67 bits per heavy atom. The number of hydrogen-bond donors (Lipinski definition) is 1. The van der Waals surface area contributed by atoms with Crippen LogP contribution >= 0.6 is 11.6 Å². The number of fused-ring (bicyclic) bond motifs is 3. The van der Waals surface area contributed by atoms with Gasteiger partial charge in [0.15, 0.2) is 0 Å². The molecule has 88 valence electrons. The van der Waals surface area contributed by atoms with Gasteiger partial charge in [-0.05, 0) is 11.5 Å². The van der Waals surface area contributed by atoms with Crippen molar-refractivity contribution in [2.75, 3.05) is 0 Å². The molecule has 0 amide bonds. The lowest BCUT2D eigenvalue weighted by molar-refractivity contribution is 0.0691. The predicted octanol–water partition coefficient (Wildman–Crippen LogP) is 3.74. The summed E-state index contributed by atoms with van der Waals surface area (Å²) >= 11 is 6.10. The zero-order valence-corrected chi connectivity index (χ0v) is 9.98. The van der Waals surface area contributed by atoms with Crippen LogP contribution in [0.15, 0.2) is 42.5 Å². The maximum Gasteiger partial charge on any atom is 0.354 e. The number of benzene rings is 2. The standard InChI is InChI=1S/C14H8ClNO2/c15-11-7-12(14(17)18)16-13-9-4-2-1-3-8(9)5-6-10(11)13/h1-7H,(H,17,18). The van der Waals surface area contributed by atoms with E-state index in [1.807, 2.05) is 36.4 Å². The number of aromatic nitrogens is 1. The van der Waals surface area contributed by atoms with Crippen molar-refractivity contribution in [2.24, 2.45) is 0 Å². The highest BCUT2D eigenvalue weighted by atomic mass is 35.5. The van der Waals surface area contributed by atoms with Gasteiger partial charge in [-0.2, -0.15) is 0 Å². The Labute approximate surface area is 108 Å². The lowest BCUT2D eigenvalue weighted by Crippen LogP contribution is -2.00. The SMILES string of the molecule is O=C(O)c1cc(Cl)c2ccc3ccccc3c2n1. The van der Waals surface area contributed by atoms with Gasteiger partial charge in [0.1, 0.15) is 5.69 Å². The predicted molar refractivity (Wildman–Crippen MR) is 71.2 cm³/mol. The van der Waals surface area contributed by atoms with Crippen LogP contribution in [0.25, 0.3) is 21.7 Å². The van der Waals surface area contributed by atoms with Gasteiger partial charge in [-0.25, -0.2) is 9.78 Å². The van der Waals surface area contributed by atoms with Gasteiger partial charge >= 0.3 is 5.97 Å². The van der Waals surface area contributed by atoms with E-state index < -0.39 is 5.97 Å². The second-order valence-electron chi connectivity index (χ2n) is 3.98. The molecule has 1 heterocycles. The number of carbonyl (C=O) groups is 1. The molecule has 0 aliphatic rings. The summed E-state index contributed by atoms with van der Waals surface area (Å²) in [6.45, 7) is 0. The van der Waals surface area contributed by atoms with Crippen molar-refractivity contribution in [3.8, 4) is 0 Å². The van der Waals surface area contributed by atoms with E-state index in [4.69, 9.17) is 16.7 Å². The molecular formula is C14H8ClNO2. The highest BCUT2D eigenvalue weighted by molar-refractivity contribution is 6.36. The third-order valence-electron chi connectivity index (χ3n) is 2.87. The minimum atomic E-state index is -1.08. The van der Waals surface area contributed by atoms with E-state index in [1.54, 1.807) is 0 Å². The van der Waals surface area contributed by atoms with Crippen LogP contribution in [-0.4, -0.2) is 16.1 Å². The van der Waals surface area contributed by atoms with E-state index in [0.29, 0.717) is 10.5 Å². The molecule has 0 fully saturated rings. The summed E-state index contributed by atoms with van der Waals surface area (Å²) in [7, 11) is 0. The van der Waals surface area contributed by atoms with Crippen LogP contribution in [0, 0.1) is 0 Å². The first-order chi connectivity index (χ1) is 8.66. The van der Waals surface area contributed by atoms with Gasteiger partial charge in [0, 0.05) is 10.8 Å². The molecule has 0 atom stereocenters. The molecule has 4 heteroatoms. The average molecular weight is 258 g/mol. The topological polar surface area (TPSA) is 50.2 Å². The number of hydrogen-bond acceptors (Lipinski definition) is 2. The first-order valence-corrected chi connectivity index (χ1v) is 5.76. The Morgan fingerprint density at radius 1 is 1.11 bits per heavy atom. The van der Waals surface area contributed by atoms with Gasteiger partial charge in [0.25, 0.3) is 0 Å². The van der Waals surface area contributed by atoms with Crippen LogP contribution in [0.1, 0.15) is 10.5 Å². The van der Waals surface area contributed by atoms with Crippen molar-refractivity contribution in [1.29, 1.82) is 0 Å². The zero-order valence-electron chi connectivity index (χ0n) is 9.22. The lowest BCUT2D eigenvalue weighted by atomic mass is 10.1. The Hall–Kier alpha value is -2.13. The smallest absolute Gasteiger partial charge is 0.354 e. The van der Waals surface area contributed by atoms with Crippen molar-refractivity contribution >= 4 is 39.2 Å². The molecule has 0 spiro atoms. The van der Waals surface area contributed by atoms with E-state index in [9.17, 15) is 4.79 Å². The summed E-state index contributed by atoms with van der Waals surface area (Å²) in [4.78, 5) is 15.2. The van der Waals surface area contributed by atoms with Gasteiger partial charge in [-0.1, -0.05) is 48.0 Å². The maximum atomic E-state index is 11.0. The fourth-order valence-corrected chi connectivity index (χ4v) is 2.28. The van der Waals surface area contributed by atoms with E-state index in [2.05, 4.69) is 4.98 Å². The van der Waals surface area contributed by atoms with E-state index >= 15 is 0 Å². The molecule has 0 radical (unpaired) electrons. The Morgan fingerprint density at radius 2 is 1.89 bits per heavy atom. The van der Waals surface area contributed by atoms with Crippen molar-refractivity contribution < 1.29 is 9.90 Å². The molecular weight excluding hydrogens is 250 g/mol. The van der Waals surface area contributed by atoms with E-state index in [-0.39, 0.29) is 5.69 Å². The van der Waals surface area contributed by atoms with E-state index in [0.717, 1.165) is 16.2 Å². The number of rotatable bonds is 1. The maximum absolute atomic E-state index is 11.0.